The SMILES string of the molecule is CC1=C(c2ccccc2C)n2c3ccccc3c3cc4c5ccccc5n5c4c(c32)B1c1ccccc1-5. The van der Waals surface area contributed by atoms with Crippen molar-refractivity contribution in [3.05, 3.63) is 120 Å². The molecule has 0 bridgehead atoms. The molecule has 2 aromatic heterocycles. The summed E-state index contributed by atoms with van der Waals surface area (Å²) in [5, 5.41) is 5.36. The molecule has 37 heavy (non-hydrogen) atoms. The Morgan fingerprint density at radius 3 is 1.92 bits per heavy atom. The van der Waals surface area contributed by atoms with Gasteiger partial charge in [0.15, 0.2) is 0 Å². The number of nitrogens with zero attached hydrogens (tertiary/aromatic N) is 2. The molecule has 3 heteroatoms. The van der Waals surface area contributed by atoms with Crippen LogP contribution in [0.25, 0.3) is 55.0 Å². The summed E-state index contributed by atoms with van der Waals surface area (Å²) in [4.78, 5) is 0. The van der Waals surface area contributed by atoms with E-state index < -0.39 is 0 Å². The first kappa shape index (κ1) is 19.7. The van der Waals surface area contributed by atoms with E-state index >= 15 is 0 Å². The molecule has 4 heterocycles. The smallest absolute Gasteiger partial charge is 0.247 e. The van der Waals surface area contributed by atoms with Crippen molar-refractivity contribution in [2.24, 2.45) is 0 Å². The van der Waals surface area contributed by atoms with Crippen molar-refractivity contribution in [3.63, 3.8) is 0 Å². The molecule has 0 aliphatic carbocycles. The van der Waals surface area contributed by atoms with Crippen LogP contribution in [-0.2, 0) is 0 Å². The molecule has 0 unspecified atom stereocenters. The Balaban J connectivity index is 1.62. The number of benzene rings is 5. The summed E-state index contributed by atoms with van der Waals surface area (Å²) in [6.07, 6.45) is 0. The van der Waals surface area contributed by atoms with Crippen LogP contribution in [0.1, 0.15) is 18.1 Å². The van der Waals surface area contributed by atoms with Gasteiger partial charge in [-0.1, -0.05) is 84.3 Å². The van der Waals surface area contributed by atoms with Crippen molar-refractivity contribution >= 4 is 66.9 Å². The highest BCUT2D eigenvalue weighted by Crippen LogP contribution is 2.44. The van der Waals surface area contributed by atoms with E-state index in [1.54, 1.807) is 0 Å². The van der Waals surface area contributed by atoms with Gasteiger partial charge in [-0.2, -0.15) is 0 Å². The Kier molecular flexibility index (Phi) is 3.52. The van der Waals surface area contributed by atoms with Gasteiger partial charge in [0.05, 0.1) is 22.1 Å². The molecular formula is C34H23BN2. The highest BCUT2D eigenvalue weighted by Gasteiger charge is 2.41. The van der Waals surface area contributed by atoms with Gasteiger partial charge in [-0.05, 0) is 54.6 Å². The summed E-state index contributed by atoms with van der Waals surface area (Å²) in [6, 6.07) is 38.2. The molecule has 2 aliphatic heterocycles. The minimum Gasteiger partial charge on any atom is -0.310 e. The third kappa shape index (κ3) is 2.21. The summed E-state index contributed by atoms with van der Waals surface area (Å²) in [5.41, 5.74) is 14.8. The van der Waals surface area contributed by atoms with Crippen LogP contribution in [0.15, 0.2) is 109 Å². The van der Waals surface area contributed by atoms with E-state index in [4.69, 9.17) is 0 Å². The Morgan fingerprint density at radius 1 is 0.568 bits per heavy atom. The maximum atomic E-state index is 2.57. The highest BCUT2D eigenvalue weighted by molar-refractivity contribution is 6.96. The van der Waals surface area contributed by atoms with Crippen LogP contribution in [0.5, 0.6) is 0 Å². The van der Waals surface area contributed by atoms with Crippen LogP contribution in [0.3, 0.4) is 0 Å². The second-order valence-electron chi connectivity index (χ2n) is 10.6. The molecule has 0 amide bonds. The fraction of sp³-hybridized carbons (Fsp3) is 0.0588. The maximum Gasteiger partial charge on any atom is 0.247 e. The average Bonchev–Trinajstić information content (AvgIpc) is 3.45. The zero-order chi connectivity index (χ0) is 24.4. The molecule has 0 fully saturated rings. The number of hydrogen-bond acceptors (Lipinski definition) is 0. The second kappa shape index (κ2) is 6.63. The van der Waals surface area contributed by atoms with Gasteiger partial charge < -0.3 is 9.13 Å². The predicted molar refractivity (Wildman–Crippen MR) is 158 cm³/mol. The summed E-state index contributed by atoms with van der Waals surface area (Å²) >= 11 is 0. The third-order valence-electron chi connectivity index (χ3n) is 8.83. The van der Waals surface area contributed by atoms with Crippen molar-refractivity contribution in [1.29, 1.82) is 0 Å². The molecule has 2 nitrogen and oxygen atoms in total. The largest absolute Gasteiger partial charge is 0.310 e. The van der Waals surface area contributed by atoms with Crippen LogP contribution in [0.2, 0.25) is 0 Å². The Morgan fingerprint density at radius 2 is 1.16 bits per heavy atom. The van der Waals surface area contributed by atoms with Gasteiger partial charge in [-0.15, -0.1) is 0 Å². The van der Waals surface area contributed by atoms with Gasteiger partial charge in [0, 0.05) is 38.5 Å². The topological polar surface area (TPSA) is 9.86 Å². The fourth-order valence-corrected chi connectivity index (χ4v) is 7.39. The lowest BCUT2D eigenvalue weighted by atomic mass is 9.34. The number of aryl methyl sites for hydroxylation is 1. The van der Waals surface area contributed by atoms with Crippen LogP contribution < -0.4 is 10.9 Å². The molecule has 172 valence electrons. The number of allylic oxidation sites excluding steroid dienone is 1. The van der Waals surface area contributed by atoms with Gasteiger partial charge in [-0.3, -0.25) is 0 Å². The molecule has 0 N–H and O–H groups in total. The normalized spacial score (nSPS) is 14.1. The molecule has 9 rings (SSSR count). The second-order valence-corrected chi connectivity index (χ2v) is 10.6. The van der Waals surface area contributed by atoms with E-state index in [9.17, 15) is 0 Å². The third-order valence-corrected chi connectivity index (χ3v) is 8.83. The Labute approximate surface area is 215 Å². The number of hydrogen-bond donors (Lipinski definition) is 0. The van der Waals surface area contributed by atoms with Crippen molar-refractivity contribution in [1.82, 2.24) is 9.13 Å². The standard InChI is InChI=1S/C34H23BN2/c1-20-11-3-4-12-22(20)32-21(2)35-27-15-7-10-18-30(27)36-28-16-8-5-13-23(28)25-19-26-24-14-6-9-17-29(24)37(32)34(26)31(35)33(25)36/h3-19H,1-2H3. The quantitative estimate of drug-likeness (QED) is 0.230. The Hall–Kier alpha value is -4.50. The minimum atomic E-state index is 0.214. The monoisotopic (exact) mass is 470 g/mol. The molecule has 0 radical (unpaired) electrons. The van der Waals surface area contributed by atoms with E-state index in [0.717, 1.165) is 0 Å². The molecule has 0 atom stereocenters. The van der Waals surface area contributed by atoms with Crippen molar-refractivity contribution in [3.8, 4) is 5.69 Å². The molecule has 0 spiro atoms. The summed E-state index contributed by atoms with van der Waals surface area (Å²) < 4.78 is 5.10. The predicted octanol–water partition coefficient (Wildman–Crippen LogP) is 6.95. The van der Waals surface area contributed by atoms with Crippen LogP contribution in [0.4, 0.5) is 0 Å². The molecule has 0 saturated carbocycles. The van der Waals surface area contributed by atoms with E-state index in [1.807, 2.05) is 0 Å². The van der Waals surface area contributed by atoms with Crippen molar-refractivity contribution in [2.45, 2.75) is 13.8 Å². The number of aromatic nitrogens is 2. The van der Waals surface area contributed by atoms with Crippen molar-refractivity contribution < 1.29 is 0 Å². The van der Waals surface area contributed by atoms with E-state index in [1.165, 1.54) is 82.5 Å². The van der Waals surface area contributed by atoms with E-state index in [-0.39, 0.29) is 6.71 Å². The maximum absolute atomic E-state index is 2.57. The van der Waals surface area contributed by atoms with Gasteiger partial charge in [0.1, 0.15) is 0 Å². The van der Waals surface area contributed by atoms with Gasteiger partial charge in [0.25, 0.3) is 0 Å². The van der Waals surface area contributed by atoms with Crippen LogP contribution in [0, 0.1) is 6.92 Å². The molecule has 5 aromatic carbocycles. The van der Waals surface area contributed by atoms with Crippen molar-refractivity contribution in [2.75, 3.05) is 0 Å². The number of rotatable bonds is 1. The van der Waals surface area contributed by atoms with Crippen LogP contribution >= 0.6 is 0 Å². The van der Waals surface area contributed by atoms with E-state index in [2.05, 4.69) is 126 Å². The molecule has 7 aromatic rings. The Bertz CT molecular complexity index is 2170. The first-order chi connectivity index (χ1) is 18.2. The lowest BCUT2D eigenvalue weighted by Gasteiger charge is -2.34. The minimum absolute atomic E-state index is 0.214. The van der Waals surface area contributed by atoms with Crippen LogP contribution in [-0.4, -0.2) is 15.8 Å². The molecular weight excluding hydrogens is 447 g/mol. The first-order valence-corrected chi connectivity index (χ1v) is 13.1. The molecule has 0 saturated heterocycles. The summed E-state index contributed by atoms with van der Waals surface area (Å²) in [5.74, 6) is 0. The lowest BCUT2D eigenvalue weighted by Crippen LogP contribution is -2.52. The first-order valence-electron chi connectivity index (χ1n) is 13.1. The van der Waals surface area contributed by atoms with Gasteiger partial charge >= 0.3 is 0 Å². The zero-order valence-electron chi connectivity index (χ0n) is 20.8. The number of fused-ring (bicyclic) bond motifs is 9. The summed E-state index contributed by atoms with van der Waals surface area (Å²) in [7, 11) is 0. The fourth-order valence-electron chi connectivity index (χ4n) is 7.39. The molecule has 2 aliphatic rings. The summed E-state index contributed by atoms with van der Waals surface area (Å²) in [6.45, 7) is 4.82. The van der Waals surface area contributed by atoms with Gasteiger partial charge in [0.2, 0.25) is 6.71 Å². The van der Waals surface area contributed by atoms with Gasteiger partial charge in [-0.25, -0.2) is 0 Å². The zero-order valence-corrected chi connectivity index (χ0v) is 20.8. The number of para-hydroxylation sites is 3. The average molecular weight is 470 g/mol. The van der Waals surface area contributed by atoms with E-state index in [0.29, 0.717) is 0 Å². The lowest BCUT2D eigenvalue weighted by molar-refractivity contribution is 1.16. The highest BCUT2D eigenvalue weighted by atomic mass is 15.0.